The number of nitrogens with one attached hydrogen (secondary N) is 4. The fraction of sp³-hybridized carbons (Fsp3) is 0.294. The Labute approximate surface area is 261 Å². The number of aryl methyl sites for hydroxylation is 1. The summed E-state index contributed by atoms with van der Waals surface area (Å²) in [5.74, 6) is -0.116. The van der Waals surface area contributed by atoms with Crippen LogP contribution in [0.2, 0.25) is 0 Å². The van der Waals surface area contributed by atoms with Crippen LogP contribution in [0, 0.1) is 6.92 Å². The SMILES string of the molecule is COc1cc2cc(C(=O)Nc3cc(C(=O)N[C@H](CCNC(=O)OC(C)(C)C)c4ccccc4)ccc3C)c(=O)[nH]c2cc1OC. The standard InChI is InChI=1S/C34H38N4O7/c1-20-12-13-22(30(39)36-25(21-10-8-7-9-11-21)14-15-35-33(42)45-34(2,3)4)17-26(20)37-31(40)24-16-23-18-28(43-5)29(44-6)19-27(23)38-32(24)41/h7-13,16-19,25H,14-15H2,1-6H3,(H,35,42)(H,36,39)(H,37,40)(H,38,41)/t25-/m1/s1. The van der Waals surface area contributed by atoms with Gasteiger partial charge in [0.05, 0.1) is 25.8 Å². The van der Waals surface area contributed by atoms with Gasteiger partial charge in [0.15, 0.2) is 11.5 Å². The molecule has 3 aromatic carbocycles. The maximum absolute atomic E-state index is 13.4. The zero-order chi connectivity index (χ0) is 32.7. The highest BCUT2D eigenvalue weighted by atomic mass is 16.6. The number of rotatable bonds is 10. The highest BCUT2D eigenvalue weighted by Crippen LogP contribution is 2.31. The largest absolute Gasteiger partial charge is 0.493 e. The predicted molar refractivity (Wildman–Crippen MR) is 172 cm³/mol. The average molecular weight is 615 g/mol. The van der Waals surface area contributed by atoms with Gasteiger partial charge in [0, 0.05) is 29.2 Å². The second-order valence-corrected chi connectivity index (χ2v) is 11.4. The molecule has 4 aromatic rings. The van der Waals surface area contributed by atoms with E-state index in [4.69, 9.17) is 14.2 Å². The summed E-state index contributed by atoms with van der Waals surface area (Å²) in [4.78, 5) is 54.4. The average Bonchev–Trinajstić information content (AvgIpc) is 3.00. The van der Waals surface area contributed by atoms with Gasteiger partial charge < -0.3 is 35.1 Å². The second kappa shape index (κ2) is 14.0. The molecule has 0 saturated carbocycles. The van der Waals surface area contributed by atoms with Crippen LogP contribution in [-0.4, -0.2) is 49.3 Å². The molecular formula is C34H38N4O7. The van der Waals surface area contributed by atoms with Crippen LogP contribution in [0.4, 0.5) is 10.5 Å². The first kappa shape index (κ1) is 32.6. The molecule has 0 saturated heterocycles. The first-order valence-electron chi connectivity index (χ1n) is 14.4. The molecule has 11 heteroatoms. The van der Waals surface area contributed by atoms with E-state index >= 15 is 0 Å². The molecule has 0 bridgehead atoms. The molecule has 3 amide bonds. The Morgan fingerprint density at radius 1 is 0.889 bits per heavy atom. The maximum Gasteiger partial charge on any atom is 0.407 e. The van der Waals surface area contributed by atoms with Gasteiger partial charge in [-0.1, -0.05) is 36.4 Å². The van der Waals surface area contributed by atoms with Crippen molar-refractivity contribution in [3.8, 4) is 11.5 Å². The third-order valence-corrected chi connectivity index (χ3v) is 6.95. The molecule has 0 aliphatic heterocycles. The van der Waals surface area contributed by atoms with Crippen molar-refractivity contribution in [3.05, 3.63) is 99.3 Å². The summed E-state index contributed by atoms with van der Waals surface area (Å²) in [7, 11) is 2.99. The molecule has 4 rings (SSSR count). The smallest absolute Gasteiger partial charge is 0.407 e. The number of carbonyl (C=O) groups is 3. The molecule has 0 spiro atoms. The van der Waals surface area contributed by atoms with Gasteiger partial charge in [-0.05, 0) is 69.5 Å². The van der Waals surface area contributed by atoms with Gasteiger partial charge in [-0.3, -0.25) is 14.4 Å². The highest BCUT2D eigenvalue weighted by molar-refractivity contribution is 6.07. The van der Waals surface area contributed by atoms with E-state index in [9.17, 15) is 19.2 Å². The Morgan fingerprint density at radius 2 is 1.58 bits per heavy atom. The van der Waals surface area contributed by atoms with Crippen molar-refractivity contribution in [1.29, 1.82) is 0 Å². The highest BCUT2D eigenvalue weighted by Gasteiger charge is 2.20. The van der Waals surface area contributed by atoms with E-state index in [1.165, 1.54) is 20.3 Å². The van der Waals surface area contributed by atoms with Crippen LogP contribution >= 0.6 is 0 Å². The van der Waals surface area contributed by atoms with Crippen molar-refractivity contribution in [2.24, 2.45) is 0 Å². The minimum absolute atomic E-state index is 0.106. The zero-order valence-electron chi connectivity index (χ0n) is 26.2. The molecule has 1 atom stereocenters. The van der Waals surface area contributed by atoms with Gasteiger partial charge in [-0.15, -0.1) is 0 Å². The number of hydrogen-bond acceptors (Lipinski definition) is 7. The maximum atomic E-state index is 13.4. The Hall–Kier alpha value is -5.32. The van der Waals surface area contributed by atoms with Crippen molar-refractivity contribution >= 4 is 34.5 Å². The first-order chi connectivity index (χ1) is 21.4. The lowest BCUT2D eigenvalue weighted by atomic mass is 10.0. The van der Waals surface area contributed by atoms with Crippen molar-refractivity contribution in [1.82, 2.24) is 15.6 Å². The second-order valence-electron chi connectivity index (χ2n) is 11.4. The van der Waals surface area contributed by atoms with Gasteiger partial charge in [-0.2, -0.15) is 0 Å². The molecule has 11 nitrogen and oxygen atoms in total. The van der Waals surface area contributed by atoms with Crippen LogP contribution in [0.5, 0.6) is 11.5 Å². The lowest BCUT2D eigenvalue weighted by Gasteiger charge is -2.22. The molecule has 1 aromatic heterocycles. The van der Waals surface area contributed by atoms with Crippen molar-refractivity contribution in [2.45, 2.75) is 45.8 Å². The topological polar surface area (TPSA) is 148 Å². The zero-order valence-corrected chi connectivity index (χ0v) is 26.2. The first-order valence-corrected chi connectivity index (χ1v) is 14.4. The summed E-state index contributed by atoms with van der Waals surface area (Å²) in [5, 5.41) is 9.12. The van der Waals surface area contributed by atoms with Crippen LogP contribution in [0.15, 0.2) is 71.5 Å². The lowest BCUT2D eigenvalue weighted by molar-refractivity contribution is 0.0526. The summed E-state index contributed by atoms with van der Waals surface area (Å²) in [6.45, 7) is 7.41. The third kappa shape index (κ3) is 8.41. The Kier molecular flexibility index (Phi) is 10.1. The molecule has 0 aliphatic rings. The number of anilines is 1. The van der Waals surface area contributed by atoms with Gasteiger partial charge >= 0.3 is 6.09 Å². The Balaban J connectivity index is 1.52. The molecule has 0 radical (unpaired) electrons. The summed E-state index contributed by atoms with van der Waals surface area (Å²) in [6.07, 6.45) is -0.130. The number of benzene rings is 3. The van der Waals surface area contributed by atoms with Crippen molar-refractivity contribution in [2.75, 3.05) is 26.1 Å². The minimum atomic E-state index is -0.635. The van der Waals surface area contributed by atoms with E-state index in [0.29, 0.717) is 45.6 Å². The number of alkyl carbamates (subject to hydrolysis) is 1. The summed E-state index contributed by atoms with van der Waals surface area (Å²) in [5.41, 5.74) is 1.42. The van der Waals surface area contributed by atoms with Gasteiger partial charge in [0.2, 0.25) is 0 Å². The molecule has 1 heterocycles. The molecule has 0 aliphatic carbocycles. The molecule has 4 N–H and O–H groups in total. The molecule has 0 fully saturated rings. The Morgan fingerprint density at radius 3 is 2.24 bits per heavy atom. The van der Waals surface area contributed by atoms with Gasteiger partial charge in [0.1, 0.15) is 11.2 Å². The van der Waals surface area contributed by atoms with E-state index < -0.39 is 29.2 Å². The van der Waals surface area contributed by atoms with Crippen molar-refractivity contribution < 1.29 is 28.6 Å². The Bertz CT molecular complexity index is 1760. The van der Waals surface area contributed by atoms with E-state index in [1.54, 1.807) is 58.0 Å². The van der Waals surface area contributed by atoms with Crippen LogP contribution in [0.3, 0.4) is 0 Å². The fourth-order valence-corrected chi connectivity index (χ4v) is 4.67. The number of ether oxygens (including phenoxy) is 3. The molecular weight excluding hydrogens is 576 g/mol. The third-order valence-electron chi connectivity index (χ3n) is 6.95. The fourth-order valence-electron chi connectivity index (χ4n) is 4.67. The number of carbonyl (C=O) groups excluding carboxylic acids is 3. The number of H-pyrrole nitrogens is 1. The number of amides is 3. The van der Waals surface area contributed by atoms with E-state index in [-0.39, 0.29) is 18.0 Å². The normalized spacial score (nSPS) is 11.8. The van der Waals surface area contributed by atoms with Crippen LogP contribution in [0.1, 0.15) is 65.1 Å². The number of aromatic nitrogens is 1. The number of aromatic amines is 1. The van der Waals surface area contributed by atoms with Crippen LogP contribution in [-0.2, 0) is 4.74 Å². The van der Waals surface area contributed by atoms with Crippen LogP contribution in [0.25, 0.3) is 10.9 Å². The molecule has 45 heavy (non-hydrogen) atoms. The summed E-state index contributed by atoms with van der Waals surface area (Å²) < 4.78 is 16.0. The van der Waals surface area contributed by atoms with Gasteiger partial charge in [-0.25, -0.2) is 4.79 Å². The summed E-state index contributed by atoms with van der Waals surface area (Å²) in [6, 6.07) is 18.7. The molecule has 236 valence electrons. The van der Waals surface area contributed by atoms with Crippen molar-refractivity contribution in [3.63, 3.8) is 0 Å². The number of methoxy groups -OCH3 is 2. The number of fused-ring (bicyclic) bond motifs is 1. The van der Waals surface area contributed by atoms with E-state index in [0.717, 1.165) is 5.56 Å². The van der Waals surface area contributed by atoms with E-state index in [1.807, 2.05) is 30.3 Å². The molecule has 0 unspecified atom stereocenters. The summed E-state index contributed by atoms with van der Waals surface area (Å²) >= 11 is 0. The lowest BCUT2D eigenvalue weighted by Crippen LogP contribution is -2.35. The minimum Gasteiger partial charge on any atom is -0.493 e. The van der Waals surface area contributed by atoms with Gasteiger partial charge in [0.25, 0.3) is 17.4 Å². The number of hydrogen-bond donors (Lipinski definition) is 4. The monoisotopic (exact) mass is 614 g/mol. The van der Waals surface area contributed by atoms with Crippen LogP contribution < -0.4 is 31.0 Å². The number of pyridine rings is 1. The van der Waals surface area contributed by atoms with E-state index in [2.05, 4.69) is 20.9 Å². The predicted octanol–water partition coefficient (Wildman–Crippen LogP) is 5.49. The quantitative estimate of drug-likeness (QED) is 0.185.